The first-order valence-electron chi connectivity index (χ1n) is 3.98. The van der Waals surface area contributed by atoms with Gasteiger partial charge in [-0.2, -0.15) is 0 Å². The van der Waals surface area contributed by atoms with E-state index in [0.717, 1.165) is 0 Å². The fourth-order valence-corrected chi connectivity index (χ4v) is 0.455. The SMILES string of the molecule is C.C/C=C(C)\C(C)=C/C.CC. The van der Waals surface area contributed by atoms with Gasteiger partial charge >= 0.3 is 0 Å². The summed E-state index contributed by atoms with van der Waals surface area (Å²) in [6, 6.07) is 0. The zero-order chi connectivity index (χ0) is 8.57. The Hall–Kier alpha value is -0.520. The van der Waals surface area contributed by atoms with Crippen molar-refractivity contribution in [2.75, 3.05) is 0 Å². The second-order valence-corrected chi connectivity index (χ2v) is 1.94. The van der Waals surface area contributed by atoms with E-state index in [9.17, 15) is 0 Å². The van der Waals surface area contributed by atoms with Gasteiger partial charge in [-0.1, -0.05) is 44.6 Å². The van der Waals surface area contributed by atoms with Gasteiger partial charge in [0.1, 0.15) is 0 Å². The quantitative estimate of drug-likeness (QED) is 0.487. The van der Waals surface area contributed by atoms with Crippen LogP contribution in [0.2, 0.25) is 0 Å². The lowest BCUT2D eigenvalue weighted by molar-refractivity contribution is 1.31. The Kier molecular flexibility index (Phi) is 18.6. The van der Waals surface area contributed by atoms with Crippen LogP contribution < -0.4 is 0 Å². The van der Waals surface area contributed by atoms with E-state index in [1.807, 2.05) is 13.8 Å². The maximum atomic E-state index is 2.12. The van der Waals surface area contributed by atoms with E-state index in [4.69, 9.17) is 0 Å². The molecule has 0 spiro atoms. The number of hydrogen-bond acceptors (Lipinski definition) is 0. The number of rotatable bonds is 1. The fourth-order valence-electron chi connectivity index (χ4n) is 0.455. The largest absolute Gasteiger partial charge is 0.0845 e. The summed E-state index contributed by atoms with van der Waals surface area (Å²) in [7, 11) is 0. The van der Waals surface area contributed by atoms with Crippen molar-refractivity contribution in [3.8, 4) is 0 Å². The van der Waals surface area contributed by atoms with E-state index in [2.05, 4.69) is 39.8 Å². The molecule has 0 saturated carbocycles. The normalized spacial score (nSPS) is 11.1. The summed E-state index contributed by atoms with van der Waals surface area (Å²) < 4.78 is 0. The Bertz CT molecular complexity index is 100. The van der Waals surface area contributed by atoms with Gasteiger partial charge in [0.25, 0.3) is 0 Å². The summed E-state index contributed by atoms with van der Waals surface area (Å²) in [6.07, 6.45) is 4.24. The monoisotopic (exact) mass is 156 g/mol. The molecule has 0 saturated heterocycles. The van der Waals surface area contributed by atoms with Gasteiger partial charge in [-0.05, 0) is 27.7 Å². The van der Waals surface area contributed by atoms with Crippen molar-refractivity contribution in [2.24, 2.45) is 0 Å². The van der Waals surface area contributed by atoms with Gasteiger partial charge in [-0.15, -0.1) is 0 Å². The third kappa shape index (κ3) is 9.48. The van der Waals surface area contributed by atoms with Gasteiger partial charge in [-0.3, -0.25) is 0 Å². The van der Waals surface area contributed by atoms with Crippen LogP contribution in [0.1, 0.15) is 49.0 Å². The molecule has 11 heavy (non-hydrogen) atoms. The third-order valence-electron chi connectivity index (χ3n) is 1.49. The summed E-state index contributed by atoms with van der Waals surface area (Å²) in [5, 5.41) is 0. The lowest BCUT2D eigenvalue weighted by Gasteiger charge is -1.95. The molecule has 0 N–H and O–H groups in total. The maximum absolute atomic E-state index is 2.12. The summed E-state index contributed by atoms with van der Waals surface area (Å²) in [5.74, 6) is 0. The molecule has 0 aromatic heterocycles. The Morgan fingerprint density at radius 3 is 1.09 bits per heavy atom. The zero-order valence-corrected chi connectivity index (χ0v) is 8.15. The van der Waals surface area contributed by atoms with Gasteiger partial charge < -0.3 is 0 Å². The molecule has 0 bridgehead atoms. The summed E-state index contributed by atoms with van der Waals surface area (Å²) >= 11 is 0. The average Bonchev–Trinajstić information content (AvgIpc) is 2.05. The van der Waals surface area contributed by atoms with Crippen LogP contribution in [0.4, 0.5) is 0 Å². The van der Waals surface area contributed by atoms with Crippen LogP contribution in [0.15, 0.2) is 23.3 Å². The average molecular weight is 156 g/mol. The highest BCUT2D eigenvalue weighted by Crippen LogP contribution is 2.05. The highest BCUT2D eigenvalue weighted by molar-refractivity contribution is 5.25. The van der Waals surface area contributed by atoms with Crippen molar-refractivity contribution < 1.29 is 0 Å². The molecule has 68 valence electrons. The lowest BCUT2D eigenvalue weighted by atomic mass is 10.1. The molecule has 0 heteroatoms. The Labute approximate surface area is 73.0 Å². The second-order valence-electron chi connectivity index (χ2n) is 1.94. The molecule has 0 rings (SSSR count). The lowest BCUT2D eigenvalue weighted by Crippen LogP contribution is -1.74. The molecular weight excluding hydrogens is 132 g/mol. The molecule has 0 aromatic carbocycles. The van der Waals surface area contributed by atoms with Crippen LogP contribution in [0.3, 0.4) is 0 Å². The molecule has 0 aliphatic carbocycles. The molecule has 0 atom stereocenters. The predicted octanol–water partition coefficient (Wildman–Crippen LogP) is 4.58. The van der Waals surface area contributed by atoms with Gasteiger partial charge in [0.05, 0.1) is 0 Å². The zero-order valence-electron chi connectivity index (χ0n) is 8.15. The van der Waals surface area contributed by atoms with E-state index < -0.39 is 0 Å². The van der Waals surface area contributed by atoms with E-state index in [-0.39, 0.29) is 7.43 Å². The smallest absolute Gasteiger partial charge is 0.0399 e. The van der Waals surface area contributed by atoms with Gasteiger partial charge in [-0.25, -0.2) is 0 Å². The third-order valence-corrected chi connectivity index (χ3v) is 1.49. The molecule has 0 heterocycles. The molecule has 0 amide bonds. The molecule has 0 unspecified atom stereocenters. The van der Waals surface area contributed by atoms with E-state index >= 15 is 0 Å². The highest BCUT2D eigenvalue weighted by atomic mass is 13.9. The fraction of sp³-hybridized carbons (Fsp3) is 0.636. The summed E-state index contributed by atoms with van der Waals surface area (Å²) in [6.45, 7) is 12.4. The first-order chi connectivity index (χ1) is 4.72. The summed E-state index contributed by atoms with van der Waals surface area (Å²) in [4.78, 5) is 0. The van der Waals surface area contributed by atoms with E-state index in [1.165, 1.54) is 11.1 Å². The van der Waals surface area contributed by atoms with Crippen LogP contribution in [0.25, 0.3) is 0 Å². The predicted molar refractivity (Wildman–Crippen MR) is 56.9 cm³/mol. The standard InChI is InChI=1S/C8H14.C2H6.CH4/c1-5-7(3)8(4)6-2;1-2;/h5-6H,1-4H3;1-2H3;1H4/b7-5-,8-6-;;. The van der Waals surface area contributed by atoms with Crippen LogP contribution in [0.5, 0.6) is 0 Å². The summed E-state index contributed by atoms with van der Waals surface area (Å²) in [5.41, 5.74) is 2.74. The van der Waals surface area contributed by atoms with Crippen molar-refractivity contribution in [1.82, 2.24) is 0 Å². The van der Waals surface area contributed by atoms with Gasteiger partial charge in [0, 0.05) is 0 Å². The maximum Gasteiger partial charge on any atom is -0.0399 e. The highest BCUT2D eigenvalue weighted by Gasteiger charge is 1.84. The minimum Gasteiger partial charge on any atom is -0.0845 e. The van der Waals surface area contributed by atoms with Crippen molar-refractivity contribution in [2.45, 2.75) is 49.0 Å². The molecule has 0 aliphatic heterocycles. The minimum absolute atomic E-state index is 0. The second kappa shape index (κ2) is 12.2. The van der Waals surface area contributed by atoms with Gasteiger partial charge in [0.2, 0.25) is 0 Å². The van der Waals surface area contributed by atoms with Crippen molar-refractivity contribution >= 4 is 0 Å². The molecule has 0 nitrogen and oxygen atoms in total. The molecular formula is C11H24. The number of hydrogen-bond donors (Lipinski definition) is 0. The first kappa shape index (κ1) is 16.8. The Morgan fingerprint density at radius 2 is 1.00 bits per heavy atom. The van der Waals surface area contributed by atoms with Crippen LogP contribution in [0, 0.1) is 0 Å². The van der Waals surface area contributed by atoms with Crippen molar-refractivity contribution in [1.29, 1.82) is 0 Å². The minimum atomic E-state index is 0. The Balaban J connectivity index is -0.000000196. The Morgan fingerprint density at radius 1 is 0.818 bits per heavy atom. The van der Waals surface area contributed by atoms with Crippen molar-refractivity contribution in [3.63, 3.8) is 0 Å². The van der Waals surface area contributed by atoms with Crippen LogP contribution in [-0.2, 0) is 0 Å². The molecule has 0 fully saturated rings. The molecule has 0 aromatic rings. The van der Waals surface area contributed by atoms with Crippen molar-refractivity contribution in [3.05, 3.63) is 23.3 Å². The van der Waals surface area contributed by atoms with Crippen LogP contribution >= 0.6 is 0 Å². The molecule has 0 aliphatic rings. The topological polar surface area (TPSA) is 0 Å². The number of allylic oxidation sites excluding steroid dienone is 4. The van der Waals surface area contributed by atoms with Crippen LogP contribution in [-0.4, -0.2) is 0 Å². The first-order valence-corrected chi connectivity index (χ1v) is 3.98. The van der Waals surface area contributed by atoms with E-state index in [1.54, 1.807) is 0 Å². The molecule has 0 radical (unpaired) electrons. The van der Waals surface area contributed by atoms with E-state index in [0.29, 0.717) is 0 Å². The van der Waals surface area contributed by atoms with Gasteiger partial charge in [0.15, 0.2) is 0 Å².